The van der Waals surface area contributed by atoms with Gasteiger partial charge >= 0.3 is 0 Å². The lowest BCUT2D eigenvalue weighted by molar-refractivity contribution is -0.0419. The van der Waals surface area contributed by atoms with Gasteiger partial charge in [0.25, 0.3) is 0 Å². The molecule has 0 spiro atoms. The first-order chi connectivity index (χ1) is 6.41. The number of hydrogen-bond donors (Lipinski definition) is 1. The molecule has 1 N–H and O–H groups in total. The van der Waals surface area contributed by atoms with E-state index in [0.29, 0.717) is 12.0 Å². The third kappa shape index (κ3) is 7.01. The molecule has 0 saturated carbocycles. The first-order valence-corrected chi connectivity index (χ1v) is 6.49. The first-order valence-electron chi connectivity index (χ1n) is 5.41. The fraction of sp³-hybridized carbons (Fsp3) is 1.00. The summed E-state index contributed by atoms with van der Waals surface area (Å²) in [6.45, 7) is 11.8. The molecule has 0 bridgehead atoms. The molecular formula is C11H24INO. The van der Waals surface area contributed by atoms with Gasteiger partial charge in [-0.05, 0) is 33.1 Å². The number of halogens is 1. The Balaban J connectivity index is 3.82. The lowest BCUT2D eigenvalue weighted by atomic mass is 10.00. The molecule has 14 heavy (non-hydrogen) atoms. The molecule has 0 aromatic heterocycles. The van der Waals surface area contributed by atoms with E-state index in [2.05, 4.69) is 61.0 Å². The van der Waals surface area contributed by atoms with E-state index in [1.807, 2.05) is 0 Å². The van der Waals surface area contributed by atoms with Gasteiger partial charge in [-0.1, -0.05) is 20.3 Å². The van der Waals surface area contributed by atoms with Crippen LogP contribution in [0.5, 0.6) is 0 Å². The van der Waals surface area contributed by atoms with Crippen molar-refractivity contribution in [3.63, 3.8) is 0 Å². The zero-order valence-electron chi connectivity index (χ0n) is 10.1. The molecule has 86 valence electrons. The van der Waals surface area contributed by atoms with Crippen LogP contribution >= 0.6 is 22.9 Å². The second-order valence-electron chi connectivity index (χ2n) is 4.80. The molecule has 0 amide bonds. The maximum absolute atomic E-state index is 5.91. The van der Waals surface area contributed by atoms with E-state index in [-0.39, 0.29) is 5.60 Å². The third-order valence-corrected chi connectivity index (χ3v) is 3.50. The molecule has 0 fully saturated rings. The lowest BCUT2D eigenvalue weighted by Crippen LogP contribution is -2.34. The number of rotatable bonds is 7. The number of nitrogens with one attached hydrogen (secondary N) is 1. The predicted molar refractivity (Wildman–Crippen MR) is 70.7 cm³/mol. The quantitative estimate of drug-likeness (QED) is 0.573. The van der Waals surface area contributed by atoms with Gasteiger partial charge in [-0.25, -0.2) is 0 Å². The summed E-state index contributed by atoms with van der Waals surface area (Å²) in [5.41, 5.74) is -0.0129. The van der Waals surface area contributed by atoms with Crippen molar-refractivity contribution in [2.45, 2.75) is 59.1 Å². The van der Waals surface area contributed by atoms with Crippen molar-refractivity contribution >= 4 is 22.9 Å². The van der Waals surface area contributed by atoms with Crippen molar-refractivity contribution in [2.75, 3.05) is 6.61 Å². The van der Waals surface area contributed by atoms with Gasteiger partial charge < -0.3 is 4.74 Å². The summed E-state index contributed by atoms with van der Waals surface area (Å²) in [5.74, 6) is 0.664. The molecule has 0 aliphatic carbocycles. The Morgan fingerprint density at radius 3 is 2.36 bits per heavy atom. The van der Waals surface area contributed by atoms with E-state index < -0.39 is 0 Å². The number of ether oxygens (including phenoxy) is 1. The maximum Gasteiger partial charge on any atom is 0.0641 e. The second-order valence-corrected chi connectivity index (χ2v) is 5.42. The van der Waals surface area contributed by atoms with Crippen LogP contribution in [0.1, 0.15) is 47.5 Å². The minimum Gasteiger partial charge on any atom is -0.375 e. The van der Waals surface area contributed by atoms with Crippen LogP contribution in [0.2, 0.25) is 0 Å². The van der Waals surface area contributed by atoms with Crippen LogP contribution in [0.25, 0.3) is 0 Å². The summed E-state index contributed by atoms with van der Waals surface area (Å²) in [5, 5.41) is 0. The van der Waals surface area contributed by atoms with Gasteiger partial charge in [0.2, 0.25) is 0 Å². The smallest absolute Gasteiger partial charge is 0.0641 e. The van der Waals surface area contributed by atoms with Crippen molar-refractivity contribution in [1.82, 2.24) is 3.53 Å². The summed E-state index contributed by atoms with van der Waals surface area (Å²) >= 11 is 2.20. The highest BCUT2D eigenvalue weighted by Crippen LogP contribution is 2.19. The summed E-state index contributed by atoms with van der Waals surface area (Å²) in [7, 11) is 0. The molecule has 0 aromatic carbocycles. The van der Waals surface area contributed by atoms with E-state index >= 15 is 0 Å². The van der Waals surface area contributed by atoms with Crippen LogP contribution < -0.4 is 3.53 Å². The summed E-state index contributed by atoms with van der Waals surface area (Å²) in [6, 6.07) is 0.502. The van der Waals surface area contributed by atoms with E-state index in [4.69, 9.17) is 4.74 Å². The summed E-state index contributed by atoms with van der Waals surface area (Å²) in [6.07, 6.45) is 2.24. The van der Waals surface area contributed by atoms with Gasteiger partial charge in [0.05, 0.1) is 5.60 Å². The standard InChI is InChI=1S/C11H24INO/c1-6-9(2)8-14-11(4,5)7-10(3)13-12/h9-10,13H,6-8H2,1-5H3. The summed E-state index contributed by atoms with van der Waals surface area (Å²) in [4.78, 5) is 0. The zero-order valence-corrected chi connectivity index (χ0v) is 12.2. The molecule has 2 atom stereocenters. The third-order valence-electron chi connectivity index (χ3n) is 2.44. The van der Waals surface area contributed by atoms with Crippen LogP contribution in [-0.2, 0) is 4.74 Å². The van der Waals surface area contributed by atoms with E-state index in [1.165, 1.54) is 6.42 Å². The van der Waals surface area contributed by atoms with Crippen LogP contribution in [0.15, 0.2) is 0 Å². The predicted octanol–water partition coefficient (Wildman–Crippen LogP) is 3.55. The van der Waals surface area contributed by atoms with Crippen molar-refractivity contribution in [3.05, 3.63) is 0 Å². The molecule has 0 aromatic rings. The topological polar surface area (TPSA) is 21.3 Å². The minimum absolute atomic E-state index is 0.0129. The van der Waals surface area contributed by atoms with Crippen LogP contribution in [0.3, 0.4) is 0 Å². The van der Waals surface area contributed by atoms with E-state index in [0.717, 1.165) is 13.0 Å². The normalized spacial score (nSPS) is 16.7. The van der Waals surface area contributed by atoms with E-state index in [1.54, 1.807) is 0 Å². The second kappa shape index (κ2) is 7.01. The molecule has 2 nitrogen and oxygen atoms in total. The highest BCUT2D eigenvalue weighted by Gasteiger charge is 2.21. The Bertz CT molecular complexity index is 150. The van der Waals surface area contributed by atoms with Gasteiger partial charge in [0.15, 0.2) is 0 Å². The molecule has 0 heterocycles. The molecule has 2 unspecified atom stereocenters. The van der Waals surface area contributed by atoms with Crippen LogP contribution in [-0.4, -0.2) is 18.2 Å². The highest BCUT2D eigenvalue weighted by atomic mass is 127. The van der Waals surface area contributed by atoms with Gasteiger partial charge in [0, 0.05) is 35.5 Å². The van der Waals surface area contributed by atoms with Gasteiger partial charge in [0.1, 0.15) is 0 Å². The Kier molecular flexibility index (Phi) is 7.34. The van der Waals surface area contributed by atoms with Gasteiger partial charge in [-0.2, -0.15) is 0 Å². The van der Waals surface area contributed by atoms with Crippen molar-refractivity contribution in [1.29, 1.82) is 0 Å². The van der Waals surface area contributed by atoms with Crippen LogP contribution in [0.4, 0.5) is 0 Å². The first kappa shape index (κ1) is 14.6. The lowest BCUT2D eigenvalue weighted by Gasteiger charge is -2.29. The van der Waals surface area contributed by atoms with Crippen LogP contribution in [0, 0.1) is 5.92 Å². The Morgan fingerprint density at radius 1 is 1.36 bits per heavy atom. The Labute approximate surface area is 103 Å². The van der Waals surface area contributed by atoms with Crippen molar-refractivity contribution in [2.24, 2.45) is 5.92 Å². The fourth-order valence-electron chi connectivity index (χ4n) is 1.32. The van der Waals surface area contributed by atoms with Crippen molar-refractivity contribution in [3.8, 4) is 0 Å². The molecule has 0 aliphatic heterocycles. The Morgan fingerprint density at radius 2 is 1.93 bits per heavy atom. The fourth-order valence-corrected chi connectivity index (χ4v) is 1.54. The van der Waals surface area contributed by atoms with Crippen molar-refractivity contribution < 1.29 is 4.74 Å². The average molecular weight is 313 g/mol. The monoisotopic (exact) mass is 313 g/mol. The molecule has 0 saturated heterocycles. The van der Waals surface area contributed by atoms with E-state index in [9.17, 15) is 0 Å². The molecule has 3 heteroatoms. The molecule has 0 rings (SSSR count). The molecular weight excluding hydrogens is 289 g/mol. The average Bonchev–Trinajstić information content (AvgIpc) is 2.13. The zero-order chi connectivity index (χ0) is 11.2. The SMILES string of the molecule is CCC(C)COC(C)(C)CC(C)NI. The Hall–Kier alpha value is 0.650. The maximum atomic E-state index is 5.91. The minimum atomic E-state index is -0.0129. The largest absolute Gasteiger partial charge is 0.375 e. The molecule has 0 aliphatic rings. The summed E-state index contributed by atoms with van der Waals surface area (Å²) < 4.78 is 9.12. The molecule has 0 radical (unpaired) electrons. The highest BCUT2D eigenvalue weighted by molar-refractivity contribution is 14.1. The van der Waals surface area contributed by atoms with Gasteiger partial charge in [-0.3, -0.25) is 3.53 Å². The van der Waals surface area contributed by atoms with Gasteiger partial charge in [-0.15, -0.1) is 0 Å². The number of hydrogen-bond acceptors (Lipinski definition) is 2.